The van der Waals surface area contributed by atoms with Crippen LogP contribution in [-0.2, 0) is 19.6 Å². The van der Waals surface area contributed by atoms with Gasteiger partial charge >= 0.3 is 5.97 Å². The summed E-state index contributed by atoms with van der Waals surface area (Å²) in [5.41, 5.74) is 0. The van der Waals surface area contributed by atoms with Gasteiger partial charge in [-0.15, -0.1) is 0 Å². The number of nitrogens with one attached hydrogen (secondary N) is 1. The summed E-state index contributed by atoms with van der Waals surface area (Å²) in [4.78, 5) is 10.4. The van der Waals surface area contributed by atoms with Gasteiger partial charge in [0.25, 0.3) is 0 Å². The Morgan fingerprint density at radius 3 is 2.64 bits per heavy atom. The van der Waals surface area contributed by atoms with Crippen LogP contribution in [0, 0.1) is 5.82 Å². The van der Waals surface area contributed by atoms with Gasteiger partial charge in [-0.2, -0.15) is 0 Å². The van der Waals surface area contributed by atoms with Crippen LogP contribution in [0.15, 0.2) is 23.1 Å². The second-order valence-electron chi connectivity index (χ2n) is 4.69. The number of methoxy groups -OCH3 is 1. The first-order valence-electron chi connectivity index (χ1n) is 6.89. The summed E-state index contributed by atoms with van der Waals surface area (Å²) >= 11 is 5.57. The summed E-state index contributed by atoms with van der Waals surface area (Å²) in [5, 5.41) is -0.231. The van der Waals surface area contributed by atoms with Gasteiger partial charge in [-0.1, -0.05) is 30.5 Å². The van der Waals surface area contributed by atoms with Gasteiger partial charge < -0.3 is 4.74 Å². The SMILES string of the molecule is COC(=O)CCCCCCNS(=O)(=O)c1cccc(Cl)c1F. The first-order chi connectivity index (χ1) is 10.4. The van der Waals surface area contributed by atoms with Crippen LogP contribution in [0.25, 0.3) is 0 Å². The summed E-state index contributed by atoms with van der Waals surface area (Å²) < 4.78 is 44.4. The van der Waals surface area contributed by atoms with Gasteiger partial charge in [-0.05, 0) is 25.0 Å². The minimum Gasteiger partial charge on any atom is -0.469 e. The summed E-state index contributed by atoms with van der Waals surface area (Å²) in [7, 11) is -2.57. The summed E-state index contributed by atoms with van der Waals surface area (Å²) in [6.45, 7) is 0.201. The molecule has 1 rings (SSSR count). The molecule has 8 heteroatoms. The van der Waals surface area contributed by atoms with Crippen molar-refractivity contribution in [1.82, 2.24) is 4.72 Å². The van der Waals surface area contributed by atoms with Gasteiger partial charge in [-0.25, -0.2) is 17.5 Å². The topological polar surface area (TPSA) is 72.5 Å². The second kappa shape index (κ2) is 9.07. The van der Waals surface area contributed by atoms with Crippen LogP contribution in [0.1, 0.15) is 32.1 Å². The maximum absolute atomic E-state index is 13.7. The largest absolute Gasteiger partial charge is 0.469 e. The van der Waals surface area contributed by atoms with E-state index in [9.17, 15) is 17.6 Å². The van der Waals surface area contributed by atoms with E-state index >= 15 is 0 Å². The predicted octanol–water partition coefficient (Wildman–Crippen LogP) is 2.88. The Morgan fingerprint density at radius 2 is 1.95 bits per heavy atom. The molecule has 0 aliphatic carbocycles. The van der Waals surface area contributed by atoms with E-state index in [1.807, 2.05) is 0 Å². The molecule has 0 aliphatic rings. The molecular weight excluding hydrogens is 333 g/mol. The van der Waals surface area contributed by atoms with Crippen molar-refractivity contribution in [2.45, 2.75) is 37.0 Å². The fourth-order valence-corrected chi connectivity index (χ4v) is 3.23. The molecule has 0 spiro atoms. The summed E-state index contributed by atoms with van der Waals surface area (Å²) in [6, 6.07) is 3.84. The summed E-state index contributed by atoms with van der Waals surface area (Å²) in [5.74, 6) is -1.20. The lowest BCUT2D eigenvalue weighted by atomic mass is 10.1. The van der Waals surface area contributed by atoms with E-state index in [4.69, 9.17) is 11.6 Å². The van der Waals surface area contributed by atoms with Crippen LogP contribution in [0.2, 0.25) is 5.02 Å². The second-order valence-corrected chi connectivity index (χ2v) is 6.83. The fraction of sp³-hybridized carbons (Fsp3) is 0.500. The Morgan fingerprint density at radius 1 is 1.27 bits per heavy atom. The van der Waals surface area contributed by atoms with Crippen LogP contribution in [-0.4, -0.2) is 28.0 Å². The smallest absolute Gasteiger partial charge is 0.305 e. The normalized spacial score (nSPS) is 11.4. The van der Waals surface area contributed by atoms with E-state index in [0.717, 1.165) is 12.8 Å². The van der Waals surface area contributed by atoms with Crippen molar-refractivity contribution in [3.8, 4) is 0 Å². The van der Waals surface area contributed by atoms with Crippen LogP contribution in [0.5, 0.6) is 0 Å². The van der Waals surface area contributed by atoms with Gasteiger partial charge in [0, 0.05) is 13.0 Å². The summed E-state index contributed by atoms with van der Waals surface area (Å²) in [6.07, 6.45) is 3.21. The molecule has 0 aromatic heterocycles. The van der Waals surface area contributed by atoms with Crippen LogP contribution < -0.4 is 4.72 Å². The molecule has 0 saturated carbocycles. The molecular formula is C14H19ClFNO4S. The van der Waals surface area contributed by atoms with Gasteiger partial charge in [0.05, 0.1) is 12.1 Å². The van der Waals surface area contributed by atoms with Crippen molar-refractivity contribution in [3.63, 3.8) is 0 Å². The maximum atomic E-state index is 13.7. The number of carbonyl (C=O) groups excluding carboxylic acids is 1. The Bertz CT molecular complexity index is 607. The number of carbonyl (C=O) groups is 1. The van der Waals surface area contributed by atoms with E-state index in [1.165, 1.54) is 25.3 Å². The highest BCUT2D eigenvalue weighted by Crippen LogP contribution is 2.21. The van der Waals surface area contributed by atoms with Crippen molar-refractivity contribution < 1.29 is 22.3 Å². The van der Waals surface area contributed by atoms with E-state index < -0.39 is 20.7 Å². The Balaban J connectivity index is 2.35. The molecule has 1 aromatic carbocycles. The zero-order valence-corrected chi connectivity index (χ0v) is 13.8. The molecule has 22 heavy (non-hydrogen) atoms. The van der Waals surface area contributed by atoms with E-state index in [2.05, 4.69) is 9.46 Å². The Kier molecular flexibility index (Phi) is 7.78. The lowest BCUT2D eigenvalue weighted by Crippen LogP contribution is -2.25. The standard InChI is InChI=1S/C14H19ClFNO4S/c1-21-13(18)9-4-2-3-5-10-17-22(19,20)12-8-6-7-11(15)14(12)16/h6-8,17H,2-5,9-10H2,1H3. The number of esters is 1. The van der Waals surface area contributed by atoms with Gasteiger partial charge in [-0.3, -0.25) is 4.79 Å². The van der Waals surface area contributed by atoms with Crippen LogP contribution >= 0.6 is 11.6 Å². The number of benzene rings is 1. The molecule has 0 unspecified atom stereocenters. The van der Waals surface area contributed by atoms with E-state index in [1.54, 1.807) is 0 Å². The zero-order valence-electron chi connectivity index (χ0n) is 12.3. The van der Waals surface area contributed by atoms with Gasteiger partial charge in [0.2, 0.25) is 10.0 Å². The lowest BCUT2D eigenvalue weighted by Gasteiger charge is -2.08. The number of hydrogen-bond donors (Lipinski definition) is 1. The van der Waals surface area contributed by atoms with Crippen LogP contribution in [0.3, 0.4) is 0 Å². The first-order valence-corrected chi connectivity index (χ1v) is 8.75. The molecule has 5 nitrogen and oxygen atoms in total. The zero-order chi connectivity index (χ0) is 16.6. The highest BCUT2D eigenvalue weighted by atomic mass is 35.5. The molecule has 0 radical (unpaired) electrons. The number of unbranched alkanes of at least 4 members (excludes halogenated alkanes) is 3. The maximum Gasteiger partial charge on any atom is 0.305 e. The molecule has 124 valence electrons. The average molecular weight is 352 g/mol. The number of hydrogen-bond acceptors (Lipinski definition) is 4. The Hall–Kier alpha value is -1.18. The van der Waals surface area contributed by atoms with Gasteiger partial charge in [0.15, 0.2) is 5.82 Å². The Labute approximate surface area is 134 Å². The number of rotatable bonds is 9. The first kappa shape index (κ1) is 18.9. The lowest BCUT2D eigenvalue weighted by molar-refractivity contribution is -0.140. The minimum absolute atomic E-state index is 0.201. The van der Waals surface area contributed by atoms with Crippen molar-refractivity contribution in [1.29, 1.82) is 0 Å². The highest BCUT2D eigenvalue weighted by molar-refractivity contribution is 7.89. The molecule has 0 saturated heterocycles. The van der Waals surface area contributed by atoms with Crippen molar-refractivity contribution >= 4 is 27.6 Å². The molecule has 0 amide bonds. The molecule has 1 N–H and O–H groups in total. The molecule has 0 bridgehead atoms. The van der Waals surface area contributed by atoms with E-state index in [0.29, 0.717) is 19.3 Å². The highest BCUT2D eigenvalue weighted by Gasteiger charge is 2.19. The van der Waals surface area contributed by atoms with Crippen molar-refractivity contribution in [2.75, 3.05) is 13.7 Å². The van der Waals surface area contributed by atoms with Crippen molar-refractivity contribution in [2.24, 2.45) is 0 Å². The van der Waals surface area contributed by atoms with E-state index in [-0.39, 0.29) is 17.5 Å². The number of ether oxygens (including phenoxy) is 1. The molecule has 0 fully saturated rings. The molecule has 0 heterocycles. The number of sulfonamides is 1. The average Bonchev–Trinajstić information content (AvgIpc) is 2.48. The monoisotopic (exact) mass is 351 g/mol. The third kappa shape index (κ3) is 5.90. The fourth-order valence-electron chi connectivity index (χ4n) is 1.83. The third-order valence-electron chi connectivity index (χ3n) is 3.03. The van der Waals surface area contributed by atoms with Crippen LogP contribution in [0.4, 0.5) is 4.39 Å². The number of halogens is 2. The molecule has 1 aromatic rings. The van der Waals surface area contributed by atoms with Gasteiger partial charge in [0.1, 0.15) is 4.90 Å². The third-order valence-corrected chi connectivity index (χ3v) is 4.80. The molecule has 0 atom stereocenters. The van der Waals surface area contributed by atoms with Crippen molar-refractivity contribution in [3.05, 3.63) is 29.0 Å². The quantitative estimate of drug-likeness (QED) is 0.548. The minimum atomic E-state index is -3.91. The molecule has 0 aliphatic heterocycles. The predicted molar refractivity (Wildman–Crippen MR) is 81.7 cm³/mol.